The summed E-state index contributed by atoms with van der Waals surface area (Å²) in [6.45, 7) is 0. The zero-order chi connectivity index (χ0) is 13.2. The molecule has 1 aromatic heterocycles. The second-order valence-corrected chi connectivity index (χ2v) is 6.81. The van der Waals surface area contributed by atoms with Gasteiger partial charge in [-0.25, -0.2) is 0 Å². The van der Waals surface area contributed by atoms with Gasteiger partial charge in [-0.05, 0) is 56.9 Å². The number of nitrogens with two attached hydrogens (primary N) is 1. The highest BCUT2D eigenvalue weighted by molar-refractivity contribution is 7.10. The monoisotopic (exact) mass is 314 g/mol. The number of thiophene rings is 1. The lowest BCUT2D eigenvalue weighted by molar-refractivity contribution is 0.0925. The Labute approximate surface area is 130 Å². The summed E-state index contributed by atoms with van der Waals surface area (Å²) in [7, 11) is 0. The maximum atomic E-state index is 12.4. The molecule has 3 rings (SSSR count). The topological polar surface area (TPSA) is 55.1 Å². The summed E-state index contributed by atoms with van der Waals surface area (Å²) in [6.07, 6.45) is 8.86. The molecule has 1 amide bonds. The molecular weight excluding hydrogens is 292 g/mol. The summed E-state index contributed by atoms with van der Waals surface area (Å²) in [6, 6.07) is 0.661. The SMILES string of the molecule is Cl.NC1CCC(NC(=O)c2csc3c2CCCC3)CC1. The molecule has 0 spiro atoms. The Morgan fingerprint density at radius 2 is 1.90 bits per heavy atom. The van der Waals surface area contributed by atoms with Crippen LogP contribution in [0.3, 0.4) is 0 Å². The fourth-order valence-corrected chi connectivity index (χ4v) is 4.34. The van der Waals surface area contributed by atoms with Gasteiger partial charge in [-0.15, -0.1) is 23.7 Å². The predicted octanol–water partition coefficient (Wildman–Crippen LogP) is 3.05. The number of hydrogen-bond acceptors (Lipinski definition) is 3. The van der Waals surface area contributed by atoms with E-state index in [9.17, 15) is 4.79 Å². The van der Waals surface area contributed by atoms with E-state index in [0.717, 1.165) is 44.1 Å². The number of carbonyl (C=O) groups is 1. The van der Waals surface area contributed by atoms with Crippen LogP contribution in [0.5, 0.6) is 0 Å². The van der Waals surface area contributed by atoms with Crippen LogP contribution in [-0.2, 0) is 12.8 Å². The highest BCUT2D eigenvalue weighted by Gasteiger charge is 2.24. The van der Waals surface area contributed by atoms with E-state index in [0.29, 0.717) is 12.1 Å². The molecule has 0 bridgehead atoms. The van der Waals surface area contributed by atoms with Crippen molar-refractivity contribution >= 4 is 29.7 Å². The lowest BCUT2D eigenvalue weighted by Gasteiger charge is -2.27. The van der Waals surface area contributed by atoms with Crippen LogP contribution in [0.4, 0.5) is 0 Å². The third kappa shape index (κ3) is 3.35. The molecule has 0 atom stereocenters. The Kier molecular flexibility index (Phi) is 5.47. The predicted molar refractivity (Wildman–Crippen MR) is 85.9 cm³/mol. The molecule has 2 aliphatic carbocycles. The Morgan fingerprint density at radius 3 is 2.65 bits per heavy atom. The van der Waals surface area contributed by atoms with Crippen molar-refractivity contribution in [2.45, 2.75) is 63.5 Å². The quantitative estimate of drug-likeness (QED) is 0.881. The minimum absolute atomic E-state index is 0. The molecule has 2 aliphatic rings. The van der Waals surface area contributed by atoms with Gasteiger partial charge in [-0.3, -0.25) is 4.79 Å². The third-order valence-corrected chi connectivity index (χ3v) is 5.50. The molecule has 1 saturated carbocycles. The van der Waals surface area contributed by atoms with Crippen LogP contribution in [0, 0.1) is 0 Å². The number of rotatable bonds is 2. The molecule has 20 heavy (non-hydrogen) atoms. The average Bonchev–Trinajstić information content (AvgIpc) is 2.85. The van der Waals surface area contributed by atoms with Crippen molar-refractivity contribution in [2.75, 3.05) is 0 Å². The lowest BCUT2D eigenvalue weighted by atomic mass is 9.91. The van der Waals surface area contributed by atoms with Crippen molar-refractivity contribution in [1.82, 2.24) is 5.32 Å². The van der Waals surface area contributed by atoms with E-state index in [4.69, 9.17) is 5.73 Å². The molecule has 5 heteroatoms. The van der Waals surface area contributed by atoms with E-state index in [1.807, 2.05) is 0 Å². The summed E-state index contributed by atoms with van der Waals surface area (Å²) >= 11 is 1.76. The Bertz CT molecular complexity index is 466. The van der Waals surface area contributed by atoms with Crippen molar-refractivity contribution in [3.05, 3.63) is 21.4 Å². The minimum Gasteiger partial charge on any atom is -0.349 e. The van der Waals surface area contributed by atoms with Gasteiger partial charge in [-0.2, -0.15) is 0 Å². The first-order chi connectivity index (χ1) is 9.24. The van der Waals surface area contributed by atoms with Crippen LogP contribution in [0.2, 0.25) is 0 Å². The van der Waals surface area contributed by atoms with Gasteiger partial charge < -0.3 is 11.1 Å². The highest BCUT2D eigenvalue weighted by Crippen LogP contribution is 2.30. The molecule has 0 aromatic carbocycles. The maximum absolute atomic E-state index is 12.4. The summed E-state index contributed by atoms with van der Waals surface area (Å²) in [5, 5.41) is 5.26. The van der Waals surface area contributed by atoms with E-state index in [1.54, 1.807) is 11.3 Å². The number of hydrogen-bond donors (Lipinski definition) is 2. The van der Waals surface area contributed by atoms with Crippen molar-refractivity contribution in [1.29, 1.82) is 0 Å². The van der Waals surface area contributed by atoms with Gasteiger partial charge in [0.05, 0.1) is 5.56 Å². The summed E-state index contributed by atoms with van der Waals surface area (Å²) in [5.74, 6) is 0.139. The number of nitrogens with one attached hydrogen (secondary N) is 1. The van der Waals surface area contributed by atoms with Gasteiger partial charge in [0.1, 0.15) is 0 Å². The normalized spacial score (nSPS) is 25.4. The van der Waals surface area contributed by atoms with Gasteiger partial charge in [0, 0.05) is 22.3 Å². The third-order valence-electron chi connectivity index (χ3n) is 4.41. The molecule has 0 aliphatic heterocycles. The van der Waals surface area contributed by atoms with E-state index >= 15 is 0 Å². The molecule has 1 aromatic rings. The molecular formula is C15H23ClN2OS. The zero-order valence-corrected chi connectivity index (χ0v) is 13.3. The lowest BCUT2D eigenvalue weighted by Crippen LogP contribution is -2.40. The van der Waals surface area contributed by atoms with E-state index in [-0.39, 0.29) is 18.3 Å². The van der Waals surface area contributed by atoms with E-state index in [1.165, 1.54) is 23.3 Å². The number of carbonyl (C=O) groups excluding carboxylic acids is 1. The molecule has 3 N–H and O–H groups in total. The first kappa shape index (κ1) is 15.8. The maximum Gasteiger partial charge on any atom is 0.252 e. The fraction of sp³-hybridized carbons (Fsp3) is 0.667. The minimum atomic E-state index is 0. The molecule has 0 radical (unpaired) electrons. The van der Waals surface area contributed by atoms with Crippen LogP contribution in [0.15, 0.2) is 5.38 Å². The van der Waals surface area contributed by atoms with Crippen molar-refractivity contribution < 1.29 is 4.79 Å². The largest absolute Gasteiger partial charge is 0.349 e. The van der Waals surface area contributed by atoms with Gasteiger partial charge in [-0.1, -0.05) is 0 Å². The van der Waals surface area contributed by atoms with Crippen LogP contribution in [-0.4, -0.2) is 18.0 Å². The standard InChI is InChI=1S/C15H22N2OS.ClH/c16-10-5-7-11(8-6-10)17-15(18)13-9-19-14-4-2-1-3-12(13)14;/h9-11H,1-8,16H2,(H,17,18);1H. The van der Waals surface area contributed by atoms with Crippen molar-refractivity contribution in [3.63, 3.8) is 0 Å². The van der Waals surface area contributed by atoms with E-state index < -0.39 is 0 Å². The molecule has 0 saturated heterocycles. The first-order valence-electron chi connectivity index (χ1n) is 7.39. The zero-order valence-electron chi connectivity index (χ0n) is 11.7. The van der Waals surface area contributed by atoms with Crippen molar-refractivity contribution in [2.24, 2.45) is 5.73 Å². The fourth-order valence-electron chi connectivity index (χ4n) is 3.21. The first-order valence-corrected chi connectivity index (χ1v) is 8.27. The molecule has 1 heterocycles. The second-order valence-electron chi connectivity index (χ2n) is 5.84. The number of fused-ring (bicyclic) bond motifs is 1. The van der Waals surface area contributed by atoms with Gasteiger partial charge in [0.2, 0.25) is 0 Å². The summed E-state index contributed by atoms with van der Waals surface area (Å²) in [5.41, 5.74) is 8.16. The van der Waals surface area contributed by atoms with Crippen LogP contribution in [0.1, 0.15) is 59.3 Å². The highest BCUT2D eigenvalue weighted by atomic mass is 35.5. The van der Waals surface area contributed by atoms with Gasteiger partial charge >= 0.3 is 0 Å². The number of amides is 1. The molecule has 3 nitrogen and oxygen atoms in total. The van der Waals surface area contributed by atoms with Crippen LogP contribution < -0.4 is 11.1 Å². The van der Waals surface area contributed by atoms with Crippen molar-refractivity contribution in [3.8, 4) is 0 Å². The van der Waals surface area contributed by atoms with E-state index in [2.05, 4.69) is 10.7 Å². The Balaban J connectivity index is 0.00000147. The number of halogens is 1. The smallest absolute Gasteiger partial charge is 0.252 e. The molecule has 0 unspecified atom stereocenters. The average molecular weight is 315 g/mol. The second kappa shape index (κ2) is 6.92. The Morgan fingerprint density at radius 1 is 1.20 bits per heavy atom. The van der Waals surface area contributed by atoms with Crippen LogP contribution in [0.25, 0.3) is 0 Å². The van der Waals surface area contributed by atoms with Gasteiger partial charge in [0.15, 0.2) is 0 Å². The van der Waals surface area contributed by atoms with Crippen LogP contribution >= 0.6 is 23.7 Å². The Hall–Kier alpha value is -0.580. The molecule has 112 valence electrons. The molecule has 1 fully saturated rings. The van der Waals surface area contributed by atoms with Gasteiger partial charge in [0.25, 0.3) is 5.91 Å². The summed E-state index contributed by atoms with van der Waals surface area (Å²) < 4.78 is 0. The summed E-state index contributed by atoms with van der Waals surface area (Å²) in [4.78, 5) is 13.8. The number of aryl methyl sites for hydroxylation is 1.